The number of nitrogens with zero attached hydrogens (tertiary/aromatic N) is 2. The number of alkyl halides is 3. The Labute approximate surface area is 167 Å². The number of fused-ring (bicyclic) bond motifs is 1. The molecule has 0 radical (unpaired) electrons. The SMILES string of the molecule is OCC1(Cc2cccc(C(F)(F)F)c2)CCN(Cc2nc3ccccc3[nH]2)CC1. The third-order valence-corrected chi connectivity index (χ3v) is 5.90. The highest BCUT2D eigenvalue weighted by Gasteiger charge is 2.36. The lowest BCUT2D eigenvalue weighted by Gasteiger charge is -2.40. The topological polar surface area (TPSA) is 52.1 Å². The highest BCUT2D eigenvalue weighted by Crippen LogP contribution is 2.37. The maximum Gasteiger partial charge on any atom is 0.416 e. The van der Waals surface area contributed by atoms with Crippen LogP contribution in [0.3, 0.4) is 0 Å². The largest absolute Gasteiger partial charge is 0.416 e. The fourth-order valence-corrected chi connectivity index (χ4v) is 4.16. The first kappa shape index (κ1) is 19.9. The summed E-state index contributed by atoms with van der Waals surface area (Å²) in [6.45, 7) is 2.22. The van der Waals surface area contributed by atoms with Crippen LogP contribution in [0.2, 0.25) is 0 Å². The lowest BCUT2D eigenvalue weighted by Crippen LogP contribution is -2.43. The molecule has 3 aromatic rings. The zero-order valence-electron chi connectivity index (χ0n) is 16.0. The van der Waals surface area contributed by atoms with Gasteiger partial charge in [0.25, 0.3) is 0 Å². The number of aliphatic hydroxyl groups is 1. The van der Waals surface area contributed by atoms with E-state index >= 15 is 0 Å². The van der Waals surface area contributed by atoms with Crippen LogP contribution >= 0.6 is 0 Å². The van der Waals surface area contributed by atoms with E-state index < -0.39 is 11.7 Å². The van der Waals surface area contributed by atoms with Crippen LogP contribution in [-0.4, -0.2) is 39.7 Å². The lowest BCUT2D eigenvalue weighted by atomic mass is 9.74. The summed E-state index contributed by atoms with van der Waals surface area (Å²) in [6, 6.07) is 13.3. The quantitative estimate of drug-likeness (QED) is 0.664. The van der Waals surface area contributed by atoms with Crippen molar-refractivity contribution in [1.29, 1.82) is 0 Å². The van der Waals surface area contributed by atoms with E-state index in [4.69, 9.17) is 0 Å². The summed E-state index contributed by atoms with van der Waals surface area (Å²) in [6.07, 6.45) is -2.43. The number of para-hydroxylation sites is 2. The van der Waals surface area contributed by atoms with Crippen molar-refractivity contribution in [3.63, 3.8) is 0 Å². The third kappa shape index (κ3) is 4.46. The van der Waals surface area contributed by atoms with Crippen molar-refractivity contribution >= 4 is 11.0 Å². The molecule has 1 aliphatic rings. The number of hydrogen-bond donors (Lipinski definition) is 2. The Morgan fingerprint density at radius 3 is 2.52 bits per heavy atom. The monoisotopic (exact) mass is 403 g/mol. The van der Waals surface area contributed by atoms with E-state index in [0.717, 1.165) is 48.9 Å². The standard InChI is InChI=1S/C22H24F3N3O/c23-22(24,25)17-5-3-4-16(12-17)13-21(15-29)8-10-28(11-9-21)14-20-26-18-6-1-2-7-19(18)27-20/h1-7,12,29H,8-11,13-15H2,(H,26,27). The van der Waals surface area contributed by atoms with Crippen LogP contribution in [-0.2, 0) is 19.1 Å². The van der Waals surface area contributed by atoms with Gasteiger partial charge in [0, 0.05) is 6.61 Å². The number of nitrogens with one attached hydrogen (secondary N) is 1. The number of halogens is 3. The van der Waals surface area contributed by atoms with Gasteiger partial charge in [-0.05, 0) is 61.5 Å². The van der Waals surface area contributed by atoms with E-state index in [9.17, 15) is 18.3 Å². The van der Waals surface area contributed by atoms with Crippen molar-refractivity contribution in [3.05, 3.63) is 65.5 Å². The Hall–Kier alpha value is -2.38. The van der Waals surface area contributed by atoms with Crippen LogP contribution < -0.4 is 0 Å². The Kier molecular flexibility index (Phi) is 5.36. The second kappa shape index (κ2) is 7.80. The van der Waals surface area contributed by atoms with Crippen LogP contribution in [0.5, 0.6) is 0 Å². The number of H-pyrrole nitrogens is 1. The molecule has 1 aliphatic heterocycles. The summed E-state index contributed by atoms with van der Waals surface area (Å²) in [5, 5.41) is 10.0. The molecule has 0 saturated carbocycles. The van der Waals surface area contributed by atoms with Gasteiger partial charge in [0.15, 0.2) is 0 Å². The second-order valence-electron chi connectivity index (χ2n) is 8.01. The predicted octanol–water partition coefficient (Wildman–Crippen LogP) is 4.40. The number of aliphatic hydroxyl groups excluding tert-OH is 1. The molecular weight excluding hydrogens is 379 g/mol. The molecule has 0 unspecified atom stereocenters. The maximum absolute atomic E-state index is 13.0. The van der Waals surface area contributed by atoms with E-state index in [1.165, 1.54) is 12.1 Å². The first-order chi connectivity index (χ1) is 13.9. The highest BCUT2D eigenvalue weighted by atomic mass is 19.4. The molecule has 0 spiro atoms. The van der Waals surface area contributed by atoms with E-state index in [2.05, 4.69) is 14.9 Å². The zero-order valence-corrected chi connectivity index (χ0v) is 16.0. The van der Waals surface area contributed by atoms with Crippen molar-refractivity contribution < 1.29 is 18.3 Å². The minimum absolute atomic E-state index is 0.0261. The molecule has 0 aliphatic carbocycles. The number of likely N-dealkylation sites (tertiary alicyclic amines) is 1. The molecule has 29 heavy (non-hydrogen) atoms. The van der Waals surface area contributed by atoms with Crippen LogP contribution in [0.4, 0.5) is 13.2 Å². The van der Waals surface area contributed by atoms with E-state index in [1.807, 2.05) is 24.3 Å². The smallest absolute Gasteiger partial charge is 0.396 e. The number of rotatable bonds is 5. The molecule has 0 atom stereocenters. The summed E-state index contributed by atoms with van der Waals surface area (Å²) in [7, 11) is 0. The van der Waals surface area contributed by atoms with Crippen molar-refractivity contribution in [2.24, 2.45) is 5.41 Å². The van der Waals surface area contributed by atoms with Crippen molar-refractivity contribution in [2.45, 2.75) is 32.0 Å². The Morgan fingerprint density at radius 2 is 1.83 bits per heavy atom. The van der Waals surface area contributed by atoms with Crippen molar-refractivity contribution in [2.75, 3.05) is 19.7 Å². The van der Waals surface area contributed by atoms with E-state index in [-0.39, 0.29) is 12.0 Å². The number of imidazole rings is 1. The number of aromatic amines is 1. The summed E-state index contributed by atoms with van der Waals surface area (Å²) in [5.41, 5.74) is 1.56. The van der Waals surface area contributed by atoms with Gasteiger partial charge in [0.1, 0.15) is 5.82 Å². The van der Waals surface area contributed by atoms with Gasteiger partial charge in [0.05, 0.1) is 23.1 Å². The van der Waals surface area contributed by atoms with Crippen LogP contribution in [0, 0.1) is 5.41 Å². The number of benzene rings is 2. The fraction of sp³-hybridized carbons (Fsp3) is 0.409. The van der Waals surface area contributed by atoms with Gasteiger partial charge in [-0.15, -0.1) is 0 Å². The molecule has 4 nitrogen and oxygen atoms in total. The van der Waals surface area contributed by atoms with Gasteiger partial charge >= 0.3 is 6.18 Å². The molecule has 2 aromatic carbocycles. The average Bonchev–Trinajstić information content (AvgIpc) is 3.11. The molecule has 7 heteroatoms. The summed E-state index contributed by atoms with van der Waals surface area (Å²) >= 11 is 0. The highest BCUT2D eigenvalue weighted by molar-refractivity contribution is 5.74. The number of hydrogen-bond acceptors (Lipinski definition) is 3. The molecule has 0 bridgehead atoms. The molecule has 1 fully saturated rings. The Morgan fingerprint density at radius 1 is 1.07 bits per heavy atom. The van der Waals surface area contributed by atoms with Crippen LogP contribution in [0.1, 0.15) is 29.8 Å². The van der Waals surface area contributed by atoms with Gasteiger partial charge in [-0.1, -0.05) is 30.3 Å². The maximum atomic E-state index is 13.0. The normalized spacial score (nSPS) is 17.7. The van der Waals surface area contributed by atoms with Crippen LogP contribution in [0.15, 0.2) is 48.5 Å². The van der Waals surface area contributed by atoms with Crippen molar-refractivity contribution in [3.8, 4) is 0 Å². The summed E-state index contributed by atoms with van der Waals surface area (Å²) in [5.74, 6) is 0.903. The first-order valence-electron chi connectivity index (χ1n) is 9.80. The average molecular weight is 403 g/mol. The van der Waals surface area contributed by atoms with Gasteiger partial charge in [-0.3, -0.25) is 4.90 Å². The Bertz CT molecular complexity index is 942. The third-order valence-electron chi connectivity index (χ3n) is 5.90. The van der Waals surface area contributed by atoms with E-state index in [0.29, 0.717) is 18.5 Å². The lowest BCUT2D eigenvalue weighted by molar-refractivity contribution is -0.137. The molecule has 2 N–H and O–H groups in total. The van der Waals surface area contributed by atoms with E-state index in [1.54, 1.807) is 6.07 Å². The molecular formula is C22H24F3N3O. The Balaban J connectivity index is 1.41. The first-order valence-corrected chi connectivity index (χ1v) is 9.80. The van der Waals surface area contributed by atoms with Gasteiger partial charge < -0.3 is 10.1 Å². The van der Waals surface area contributed by atoms with Crippen molar-refractivity contribution in [1.82, 2.24) is 14.9 Å². The molecule has 4 rings (SSSR count). The molecule has 0 amide bonds. The summed E-state index contributed by atoms with van der Waals surface area (Å²) in [4.78, 5) is 10.2. The fourth-order valence-electron chi connectivity index (χ4n) is 4.16. The number of piperidine rings is 1. The summed E-state index contributed by atoms with van der Waals surface area (Å²) < 4.78 is 39.0. The van der Waals surface area contributed by atoms with Gasteiger partial charge in [-0.2, -0.15) is 13.2 Å². The molecule has 154 valence electrons. The predicted molar refractivity (Wildman–Crippen MR) is 105 cm³/mol. The van der Waals surface area contributed by atoms with Gasteiger partial charge in [0.2, 0.25) is 0 Å². The zero-order chi connectivity index (χ0) is 20.5. The molecule has 1 aromatic heterocycles. The minimum atomic E-state index is -4.35. The molecule has 2 heterocycles. The van der Waals surface area contributed by atoms with Gasteiger partial charge in [-0.25, -0.2) is 4.98 Å². The van der Waals surface area contributed by atoms with Crippen LogP contribution in [0.25, 0.3) is 11.0 Å². The second-order valence-corrected chi connectivity index (χ2v) is 8.01. The molecule has 1 saturated heterocycles. The minimum Gasteiger partial charge on any atom is -0.396 e. The number of aromatic nitrogens is 2.